The lowest BCUT2D eigenvalue weighted by Gasteiger charge is -2.30. The number of nitrogens with zero attached hydrogens (tertiary/aromatic N) is 1. The summed E-state index contributed by atoms with van der Waals surface area (Å²) in [6.07, 6.45) is 1.41. The molecule has 0 radical (unpaired) electrons. The summed E-state index contributed by atoms with van der Waals surface area (Å²) in [6, 6.07) is 5.14. The van der Waals surface area contributed by atoms with Crippen LogP contribution in [0.15, 0.2) is 18.2 Å². The van der Waals surface area contributed by atoms with Crippen molar-refractivity contribution in [3.05, 3.63) is 23.2 Å². The van der Waals surface area contributed by atoms with E-state index in [-0.39, 0.29) is 5.91 Å². The van der Waals surface area contributed by atoms with Gasteiger partial charge >= 0.3 is 0 Å². The van der Waals surface area contributed by atoms with Gasteiger partial charge in [-0.2, -0.15) is 11.8 Å². The number of carbonyl (C=O) groups excluding carboxylic acids is 1. The first-order chi connectivity index (χ1) is 10.0. The predicted octanol–water partition coefficient (Wildman–Crippen LogP) is 3.08. The molecule has 6 heteroatoms. The maximum atomic E-state index is 11.9. The van der Waals surface area contributed by atoms with Crippen LogP contribution < -0.4 is 11.1 Å². The molecule has 0 saturated carbocycles. The summed E-state index contributed by atoms with van der Waals surface area (Å²) in [5.74, 6) is 1.22. The van der Waals surface area contributed by atoms with E-state index in [1.54, 1.807) is 18.2 Å². The zero-order valence-electron chi connectivity index (χ0n) is 12.3. The summed E-state index contributed by atoms with van der Waals surface area (Å²) in [6.45, 7) is 5.50. The average molecular weight is 328 g/mol. The quantitative estimate of drug-likeness (QED) is 0.816. The summed E-state index contributed by atoms with van der Waals surface area (Å²) < 4.78 is 0. The number of thioether (sulfide) groups is 1. The van der Waals surface area contributed by atoms with Crippen LogP contribution in [-0.2, 0) is 4.79 Å². The van der Waals surface area contributed by atoms with Gasteiger partial charge in [0.2, 0.25) is 5.91 Å². The Hall–Kier alpha value is -0.910. The molecule has 2 rings (SSSR count). The molecule has 4 nitrogen and oxygen atoms in total. The van der Waals surface area contributed by atoms with Crippen molar-refractivity contribution >= 4 is 40.6 Å². The molecule has 1 amide bonds. The zero-order chi connectivity index (χ0) is 15.2. The van der Waals surface area contributed by atoms with Crippen molar-refractivity contribution in [1.82, 2.24) is 4.90 Å². The van der Waals surface area contributed by atoms with Crippen LogP contribution in [0.25, 0.3) is 0 Å². The van der Waals surface area contributed by atoms with Crippen molar-refractivity contribution in [2.45, 2.75) is 25.0 Å². The summed E-state index contributed by atoms with van der Waals surface area (Å²) >= 11 is 7.88. The molecule has 1 heterocycles. The molecule has 1 aliphatic rings. The van der Waals surface area contributed by atoms with Crippen LogP contribution >= 0.6 is 23.4 Å². The maximum absolute atomic E-state index is 11.9. The number of halogens is 1. The van der Waals surface area contributed by atoms with Crippen LogP contribution in [0.5, 0.6) is 0 Å². The summed E-state index contributed by atoms with van der Waals surface area (Å²) in [4.78, 5) is 14.3. The second kappa shape index (κ2) is 7.92. The van der Waals surface area contributed by atoms with E-state index in [0.29, 0.717) is 28.1 Å². The molecule has 1 unspecified atom stereocenters. The van der Waals surface area contributed by atoms with Gasteiger partial charge in [0.15, 0.2) is 0 Å². The third-order valence-corrected chi connectivity index (χ3v) is 4.96. The fourth-order valence-corrected chi connectivity index (χ4v) is 3.60. The van der Waals surface area contributed by atoms with Crippen molar-refractivity contribution in [3.63, 3.8) is 0 Å². The van der Waals surface area contributed by atoms with Crippen molar-refractivity contribution in [2.75, 3.05) is 36.4 Å². The summed E-state index contributed by atoms with van der Waals surface area (Å²) in [5.41, 5.74) is 6.89. The Morgan fingerprint density at radius 2 is 2.38 bits per heavy atom. The number of benzene rings is 1. The molecule has 0 aromatic heterocycles. The van der Waals surface area contributed by atoms with E-state index in [2.05, 4.69) is 17.1 Å². The van der Waals surface area contributed by atoms with Gasteiger partial charge in [0.25, 0.3) is 0 Å². The van der Waals surface area contributed by atoms with Crippen molar-refractivity contribution in [1.29, 1.82) is 0 Å². The largest absolute Gasteiger partial charge is 0.397 e. The molecule has 3 N–H and O–H groups in total. The van der Waals surface area contributed by atoms with Crippen LogP contribution in [0, 0.1) is 0 Å². The second-order valence-electron chi connectivity index (χ2n) is 5.37. The minimum absolute atomic E-state index is 0.0242. The van der Waals surface area contributed by atoms with Gasteiger partial charge in [-0.15, -0.1) is 0 Å². The van der Waals surface area contributed by atoms with E-state index in [1.807, 2.05) is 11.8 Å². The van der Waals surface area contributed by atoms with E-state index in [9.17, 15) is 4.79 Å². The number of nitrogens with one attached hydrogen (secondary N) is 1. The highest BCUT2D eigenvalue weighted by molar-refractivity contribution is 7.99. The van der Waals surface area contributed by atoms with Gasteiger partial charge in [-0.05, 0) is 31.2 Å². The number of carbonyl (C=O) groups is 1. The topological polar surface area (TPSA) is 58.4 Å². The molecule has 0 bridgehead atoms. The Morgan fingerprint density at radius 1 is 1.57 bits per heavy atom. The second-order valence-corrected chi connectivity index (χ2v) is 7.32. The minimum Gasteiger partial charge on any atom is -0.397 e. The molecule has 1 atom stereocenters. The number of hydrogen-bond acceptors (Lipinski definition) is 4. The van der Waals surface area contributed by atoms with E-state index >= 15 is 0 Å². The monoisotopic (exact) mass is 327 g/mol. The first-order valence-corrected chi connectivity index (χ1v) is 8.66. The van der Waals surface area contributed by atoms with Gasteiger partial charge in [-0.1, -0.05) is 18.5 Å². The number of hydrogen-bond donors (Lipinski definition) is 2. The molecule has 116 valence electrons. The van der Waals surface area contributed by atoms with Crippen LogP contribution in [-0.4, -0.2) is 41.4 Å². The molecule has 1 aromatic rings. The zero-order valence-corrected chi connectivity index (χ0v) is 13.8. The summed E-state index contributed by atoms with van der Waals surface area (Å²) in [7, 11) is 0. The molecule has 21 heavy (non-hydrogen) atoms. The van der Waals surface area contributed by atoms with Gasteiger partial charge in [-0.3, -0.25) is 4.79 Å². The average Bonchev–Trinajstić information content (AvgIpc) is 2.43. The number of amides is 1. The van der Waals surface area contributed by atoms with E-state index in [1.165, 1.54) is 5.75 Å². The first-order valence-electron chi connectivity index (χ1n) is 7.23. The standard InChI is InChI=1S/C15H22ClN3OS/c1-11-10-19(7-8-21-11)6-2-3-15(20)18-12-4-5-13(16)14(17)9-12/h4-5,9,11H,2-3,6-8,10,17H2,1H3,(H,18,20). The van der Waals surface area contributed by atoms with E-state index in [4.69, 9.17) is 17.3 Å². The van der Waals surface area contributed by atoms with Crippen LogP contribution in [0.1, 0.15) is 19.8 Å². The van der Waals surface area contributed by atoms with Crippen LogP contribution in [0.4, 0.5) is 11.4 Å². The molecular formula is C15H22ClN3OS. The Balaban J connectivity index is 1.70. The molecule has 1 fully saturated rings. The lowest BCUT2D eigenvalue weighted by molar-refractivity contribution is -0.116. The smallest absolute Gasteiger partial charge is 0.224 e. The van der Waals surface area contributed by atoms with Crippen molar-refractivity contribution < 1.29 is 4.79 Å². The highest BCUT2D eigenvalue weighted by Crippen LogP contribution is 2.22. The third-order valence-electron chi connectivity index (χ3n) is 3.48. The molecule has 1 aromatic carbocycles. The molecule has 0 spiro atoms. The highest BCUT2D eigenvalue weighted by Gasteiger charge is 2.16. The van der Waals surface area contributed by atoms with Crippen molar-refractivity contribution in [3.8, 4) is 0 Å². The maximum Gasteiger partial charge on any atom is 0.224 e. The van der Waals surface area contributed by atoms with Crippen molar-refractivity contribution in [2.24, 2.45) is 0 Å². The molecular weight excluding hydrogens is 306 g/mol. The number of rotatable bonds is 5. The number of nitrogens with two attached hydrogens (primary N) is 1. The van der Waals surface area contributed by atoms with Gasteiger partial charge in [0, 0.05) is 36.2 Å². The molecule has 1 saturated heterocycles. The molecule has 0 aliphatic carbocycles. The summed E-state index contributed by atoms with van der Waals surface area (Å²) in [5, 5.41) is 4.06. The first kappa shape index (κ1) is 16.5. The lowest BCUT2D eigenvalue weighted by atomic mass is 10.2. The molecule has 1 aliphatic heterocycles. The Morgan fingerprint density at radius 3 is 3.10 bits per heavy atom. The highest BCUT2D eigenvalue weighted by atomic mass is 35.5. The van der Waals surface area contributed by atoms with Gasteiger partial charge in [0.05, 0.1) is 10.7 Å². The Kier molecular flexibility index (Phi) is 6.21. The van der Waals surface area contributed by atoms with Gasteiger partial charge in [0.1, 0.15) is 0 Å². The predicted molar refractivity (Wildman–Crippen MR) is 92.1 cm³/mol. The van der Waals surface area contributed by atoms with Crippen LogP contribution in [0.3, 0.4) is 0 Å². The normalized spacial score (nSPS) is 19.4. The SMILES string of the molecule is CC1CN(CCCC(=O)Nc2ccc(Cl)c(N)c2)CCS1. The minimum atomic E-state index is 0.0242. The van der Waals surface area contributed by atoms with Gasteiger partial charge < -0.3 is 16.0 Å². The Labute approximate surface area is 135 Å². The number of anilines is 2. The fourth-order valence-electron chi connectivity index (χ4n) is 2.40. The Bertz CT molecular complexity index is 498. The third kappa shape index (κ3) is 5.41. The van der Waals surface area contributed by atoms with E-state index in [0.717, 1.165) is 26.1 Å². The number of nitrogen functional groups attached to an aromatic ring is 1. The van der Waals surface area contributed by atoms with Gasteiger partial charge in [-0.25, -0.2) is 0 Å². The van der Waals surface area contributed by atoms with Crippen LogP contribution in [0.2, 0.25) is 5.02 Å². The van der Waals surface area contributed by atoms with E-state index < -0.39 is 0 Å². The lowest BCUT2D eigenvalue weighted by Crippen LogP contribution is -2.37. The fraction of sp³-hybridized carbons (Fsp3) is 0.533.